The summed E-state index contributed by atoms with van der Waals surface area (Å²) in [6.07, 6.45) is -3.97. The fourth-order valence-corrected chi connectivity index (χ4v) is 4.05. The van der Waals surface area contributed by atoms with E-state index in [1.807, 2.05) is 6.92 Å². The largest absolute Gasteiger partial charge is 0.417 e. The summed E-state index contributed by atoms with van der Waals surface area (Å²) in [4.78, 5) is 23.1. The van der Waals surface area contributed by atoms with Gasteiger partial charge in [0, 0.05) is 29.3 Å². The molecule has 2 N–H and O–H groups in total. The maximum absolute atomic E-state index is 13.4. The van der Waals surface area contributed by atoms with Crippen LogP contribution in [-0.4, -0.2) is 27.3 Å². The van der Waals surface area contributed by atoms with Crippen molar-refractivity contribution in [2.24, 2.45) is 5.92 Å². The molecule has 1 aliphatic rings. The lowest BCUT2D eigenvalue weighted by atomic mass is 10.00. The van der Waals surface area contributed by atoms with E-state index < -0.39 is 17.7 Å². The Hall–Kier alpha value is -3.71. The second-order valence-corrected chi connectivity index (χ2v) is 8.33. The molecule has 3 heterocycles. The number of ether oxygens (including phenoxy) is 1. The average Bonchev–Trinajstić information content (AvgIpc) is 3.20. The van der Waals surface area contributed by atoms with E-state index in [0.717, 1.165) is 28.8 Å². The highest BCUT2D eigenvalue weighted by atomic mass is 19.4. The van der Waals surface area contributed by atoms with Gasteiger partial charge in [-0.15, -0.1) is 0 Å². The van der Waals surface area contributed by atoms with Gasteiger partial charge in [0.15, 0.2) is 0 Å². The number of benzene rings is 1. The molecular formula is C24H22F3N5O2. The van der Waals surface area contributed by atoms with Crippen molar-refractivity contribution in [1.29, 1.82) is 5.26 Å². The van der Waals surface area contributed by atoms with Crippen LogP contribution in [0.4, 0.5) is 19.0 Å². The molecule has 2 aromatic heterocycles. The first-order valence-electron chi connectivity index (χ1n) is 10.6. The number of hydrogen-bond donors (Lipinski definition) is 1. The van der Waals surface area contributed by atoms with Crippen LogP contribution in [0.3, 0.4) is 0 Å². The molecule has 1 aliphatic heterocycles. The first kappa shape index (κ1) is 23.4. The average molecular weight is 469 g/mol. The van der Waals surface area contributed by atoms with Gasteiger partial charge in [-0.1, -0.05) is 0 Å². The van der Waals surface area contributed by atoms with Crippen LogP contribution in [0.15, 0.2) is 36.5 Å². The van der Waals surface area contributed by atoms with Crippen molar-refractivity contribution in [3.63, 3.8) is 0 Å². The Morgan fingerprint density at radius 3 is 2.76 bits per heavy atom. The van der Waals surface area contributed by atoms with Gasteiger partial charge in [0.2, 0.25) is 0 Å². The summed E-state index contributed by atoms with van der Waals surface area (Å²) in [5.74, 6) is -0.466. The molecule has 2 atom stereocenters. The van der Waals surface area contributed by atoms with Gasteiger partial charge in [-0.2, -0.15) is 18.4 Å². The molecule has 0 aliphatic carbocycles. The number of nitrogens with zero attached hydrogens (tertiary/aromatic N) is 4. The van der Waals surface area contributed by atoms with Gasteiger partial charge in [0.05, 0.1) is 48.0 Å². The molecule has 176 valence electrons. The number of amides is 1. The predicted octanol–water partition coefficient (Wildman–Crippen LogP) is 4.62. The van der Waals surface area contributed by atoms with E-state index in [0.29, 0.717) is 23.5 Å². The van der Waals surface area contributed by atoms with Gasteiger partial charge < -0.3 is 15.4 Å². The third kappa shape index (κ3) is 4.52. The quantitative estimate of drug-likeness (QED) is 0.584. The molecule has 1 amide bonds. The highest BCUT2D eigenvalue weighted by molar-refractivity contribution is 5.99. The standard InChI is InChI=1S/C24H22F3N5O2/c1-13(8-28)10-32(11-17-5-4-16(9-30-17)24(25,26)27)23(33)15-3-6-20-18(7-15)19-12-34-14(2)21(19)22(29)31-20/h3-7,9,13-14H,10-12H2,1-2H3,(H2,29,31). The maximum atomic E-state index is 13.4. The van der Waals surface area contributed by atoms with E-state index in [-0.39, 0.29) is 30.8 Å². The molecule has 34 heavy (non-hydrogen) atoms. The lowest BCUT2D eigenvalue weighted by Gasteiger charge is -2.24. The SMILES string of the molecule is CC(C#N)CN(Cc1ccc(C(F)(F)F)cn1)C(=O)c1ccc2nc(N)c3c(c2c1)COC3C. The molecule has 0 bridgehead atoms. The Morgan fingerprint density at radius 2 is 2.12 bits per heavy atom. The number of pyridine rings is 2. The van der Waals surface area contributed by atoms with Crippen molar-refractivity contribution in [2.75, 3.05) is 12.3 Å². The summed E-state index contributed by atoms with van der Waals surface area (Å²) in [6.45, 7) is 3.95. The molecule has 3 aromatic rings. The number of aromatic nitrogens is 2. The Kier molecular flexibility index (Phi) is 6.15. The minimum atomic E-state index is -4.50. The first-order chi connectivity index (χ1) is 16.1. The van der Waals surface area contributed by atoms with E-state index in [1.54, 1.807) is 25.1 Å². The molecule has 0 saturated heterocycles. The van der Waals surface area contributed by atoms with E-state index in [2.05, 4.69) is 16.0 Å². The number of halogens is 3. The molecule has 7 nitrogen and oxygen atoms in total. The van der Waals surface area contributed by atoms with Gasteiger partial charge in [-0.25, -0.2) is 4.98 Å². The topological polar surface area (TPSA) is 105 Å². The fourth-order valence-electron chi connectivity index (χ4n) is 4.05. The Morgan fingerprint density at radius 1 is 1.35 bits per heavy atom. The first-order valence-corrected chi connectivity index (χ1v) is 10.6. The van der Waals surface area contributed by atoms with Crippen molar-refractivity contribution < 1.29 is 22.7 Å². The van der Waals surface area contributed by atoms with Crippen molar-refractivity contribution in [3.05, 3.63) is 64.5 Å². The lowest BCUT2D eigenvalue weighted by Crippen LogP contribution is -2.34. The number of nitrogen functional groups attached to an aromatic ring is 1. The van der Waals surface area contributed by atoms with E-state index in [4.69, 9.17) is 10.5 Å². The Labute approximate surface area is 194 Å². The molecule has 1 aromatic carbocycles. The normalized spacial score (nSPS) is 16.2. The third-order valence-electron chi connectivity index (χ3n) is 5.80. The van der Waals surface area contributed by atoms with Crippen molar-refractivity contribution in [3.8, 4) is 6.07 Å². The van der Waals surface area contributed by atoms with Gasteiger partial charge in [-0.3, -0.25) is 9.78 Å². The van der Waals surface area contributed by atoms with Gasteiger partial charge >= 0.3 is 6.18 Å². The van der Waals surface area contributed by atoms with Crippen LogP contribution in [0.5, 0.6) is 0 Å². The van der Waals surface area contributed by atoms with Crippen LogP contribution in [0.25, 0.3) is 10.9 Å². The number of rotatable bonds is 5. The smallest absolute Gasteiger partial charge is 0.383 e. The van der Waals surface area contributed by atoms with Crippen LogP contribution in [0, 0.1) is 17.2 Å². The molecule has 10 heteroatoms. The van der Waals surface area contributed by atoms with Crippen LogP contribution >= 0.6 is 0 Å². The van der Waals surface area contributed by atoms with Crippen molar-refractivity contribution >= 4 is 22.6 Å². The van der Waals surface area contributed by atoms with Crippen LogP contribution in [0.1, 0.15) is 52.7 Å². The maximum Gasteiger partial charge on any atom is 0.417 e. The number of carbonyl (C=O) groups is 1. The highest BCUT2D eigenvalue weighted by Crippen LogP contribution is 2.38. The van der Waals surface area contributed by atoms with Gasteiger partial charge in [-0.05, 0) is 49.7 Å². The molecule has 0 saturated carbocycles. The molecule has 0 radical (unpaired) electrons. The summed E-state index contributed by atoms with van der Waals surface area (Å²) in [5.41, 5.74) is 8.18. The second-order valence-electron chi connectivity index (χ2n) is 8.33. The molecule has 0 fully saturated rings. The zero-order valence-corrected chi connectivity index (χ0v) is 18.6. The molecule has 2 unspecified atom stereocenters. The lowest BCUT2D eigenvalue weighted by molar-refractivity contribution is -0.137. The highest BCUT2D eigenvalue weighted by Gasteiger charge is 2.31. The Bertz CT molecular complexity index is 1280. The molecule has 0 spiro atoms. The van der Waals surface area contributed by atoms with E-state index in [1.165, 1.54) is 11.0 Å². The zero-order valence-electron chi connectivity index (χ0n) is 18.6. The summed E-state index contributed by atoms with van der Waals surface area (Å²) < 4.78 is 44.3. The van der Waals surface area contributed by atoms with E-state index >= 15 is 0 Å². The van der Waals surface area contributed by atoms with Gasteiger partial charge in [0.1, 0.15) is 5.82 Å². The summed E-state index contributed by atoms with van der Waals surface area (Å²) in [6, 6.07) is 9.28. The predicted molar refractivity (Wildman–Crippen MR) is 118 cm³/mol. The van der Waals surface area contributed by atoms with Crippen LogP contribution in [0.2, 0.25) is 0 Å². The van der Waals surface area contributed by atoms with Crippen LogP contribution < -0.4 is 5.73 Å². The fraction of sp³-hybridized carbons (Fsp3) is 0.333. The number of fused-ring (bicyclic) bond motifs is 3. The third-order valence-corrected chi connectivity index (χ3v) is 5.80. The number of anilines is 1. The second kappa shape index (κ2) is 8.91. The van der Waals surface area contributed by atoms with E-state index in [9.17, 15) is 23.2 Å². The Balaban J connectivity index is 1.67. The van der Waals surface area contributed by atoms with Gasteiger partial charge in [0.25, 0.3) is 5.91 Å². The number of hydrogen-bond acceptors (Lipinski definition) is 6. The molecular weight excluding hydrogens is 447 g/mol. The van der Waals surface area contributed by atoms with Crippen molar-refractivity contribution in [1.82, 2.24) is 14.9 Å². The minimum Gasteiger partial charge on any atom is -0.383 e. The minimum absolute atomic E-state index is 0.0424. The monoisotopic (exact) mass is 469 g/mol. The number of alkyl halides is 3. The summed E-state index contributed by atoms with van der Waals surface area (Å²) in [7, 11) is 0. The van der Waals surface area contributed by atoms with Crippen molar-refractivity contribution in [2.45, 2.75) is 39.3 Å². The number of carbonyl (C=O) groups excluding carboxylic acids is 1. The summed E-state index contributed by atoms with van der Waals surface area (Å²) >= 11 is 0. The molecule has 4 rings (SSSR count). The summed E-state index contributed by atoms with van der Waals surface area (Å²) in [5, 5.41) is 10.0. The van der Waals surface area contributed by atoms with Crippen LogP contribution in [-0.2, 0) is 24.1 Å². The number of nitriles is 1. The number of nitrogens with two attached hydrogens (primary N) is 1. The zero-order chi connectivity index (χ0) is 24.6.